The Labute approximate surface area is 93.1 Å². The van der Waals surface area contributed by atoms with E-state index in [1.807, 2.05) is 12.2 Å². The molecule has 4 nitrogen and oxygen atoms in total. The fourth-order valence-electron chi connectivity index (χ4n) is 1.36. The third kappa shape index (κ3) is 2.53. The van der Waals surface area contributed by atoms with Crippen LogP contribution in [0.1, 0.15) is 12.8 Å². The molecule has 0 aromatic heterocycles. The monoisotopic (exact) mass is 225 g/mol. The average molecular weight is 226 g/mol. The number of nitrogens with one attached hydrogen (secondary N) is 1. The van der Waals surface area contributed by atoms with Crippen LogP contribution in [0.4, 0.5) is 0 Å². The standard InChI is InChI=1S/C10H12ClN3O/c11-9-5-10(14-6-13-9)15-8-4-2-1-3-7(8)12/h2,4-6,10H,1,3,12H2,(H,13,14). The van der Waals surface area contributed by atoms with E-state index in [2.05, 4.69) is 10.3 Å². The first-order chi connectivity index (χ1) is 7.25. The Balaban J connectivity index is 2.05. The van der Waals surface area contributed by atoms with Gasteiger partial charge in [-0.15, -0.1) is 0 Å². The molecule has 1 atom stereocenters. The minimum Gasteiger partial charge on any atom is -0.463 e. The van der Waals surface area contributed by atoms with Gasteiger partial charge in [-0.3, -0.25) is 0 Å². The molecule has 80 valence electrons. The second-order valence-electron chi connectivity index (χ2n) is 3.28. The summed E-state index contributed by atoms with van der Waals surface area (Å²) in [4.78, 5) is 4.07. The molecule has 3 N–H and O–H groups in total. The zero-order chi connectivity index (χ0) is 10.7. The van der Waals surface area contributed by atoms with Crippen molar-refractivity contribution in [1.29, 1.82) is 0 Å². The van der Waals surface area contributed by atoms with Crippen molar-refractivity contribution in [2.24, 2.45) is 10.7 Å². The molecule has 0 bridgehead atoms. The lowest BCUT2D eigenvalue weighted by Crippen LogP contribution is -2.20. The molecule has 0 saturated carbocycles. The summed E-state index contributed by atoms with van der Waals surface area (Å²) < 4.78 is 5.58. The molecule has 0 amide bonds. The molecule has 1 aliphatic carbocycles. The molecule has 2 aliphatic rings. The van der Waals surface area contributed by atoms with Gasteiger partial charge in [0, 0.05) is 6.08 Å². The number of nitrogens with zero attached hydrogens (tertiary/aromatic N) is 1. The van der Waals surface area contributed by atoms with Crippen molar-refractivity contribution < 1.29 is 4.74 Å². The zero-order valence-electron chi connectivity index (χ0n) is 8.11. The topological polar surface area (TPSA) is 59.6 Å². The summed E-state index contributed by atoms with van der Waals surface area (Å²) in [6.07, 6.45) is 8.50. The molecule has 15 heavy (non-hydrogen) atoms. The van der Waals surface area contributed by atoms with Crippen LogP contribution in [0.5, 0.6) is 0 Å². The lowest BCUT2D eigenvalue weighted by Gasteiger charge is -2.19. The highest BCUT2D eigenvalue weighted by molar-refractivity contribution is 6.30. The molecule has 0 saturated heterocycles. The fourth-order valence-corrected chi connectivity index (χ4v) is 1.51. The number of nitrogens with two attached hydrogens (primary N) is 1. The van der Waals surface area contributed by atoms with Gasteiger partial charge in [0.15, 0.2) is 0 Å². The number of rotatable bonds is 2. The third-order valence-electron chi connectivity index (χ3n) is 2.13. The Morgan fingerprint density at radius 2 is 2.47 bits per heavy atom. The largest absolute Gasteiger partial charge is 0.463 e. The minimum atomic E-state index is -0.393. The van der Waals surface area contributed by atoms with E-state index in [0.717, 1.165) is 18.5 Å². The van der Waals surface area contributed by atoms with E-state index in [9.17, 15) is 0 Å². The smallest absolute Gasteiger partial charge is 0.213 e. The first-order valence-corrected chi connectivity index (χ1v) is 5.11. The molecule has 1 aliphatic heterocycles. The third-order valence-corrected chi connectivity index (χ3v) is 2.36. The molecule has 0 radical (unpaired) electrons. The van der Waals surface area contributed by atoms with E-state index in [-0.39, 0.29) is 0 Å². The van der Waals surface area contributed by atoms with Gasteiger partial charge in [-0.25, -0.2) is 4.99 Å². The van der Waals surface area contributed by atoms with Crippen molar-refractivity contribution in [3.05, 3.63) is 34.8 Å². The lowest BCUT2D eigenvalue weighted by atomic mass is 10.1. The van der Waals surface area contributed by atoms with Crippen LogP contribution in [0.2, 0.25) is 0 Å². The summed E-state index contributed by atoms with van der Waals surface area (Å²) in [5.74, 6) is 0.686. The van der Waals surface area contributed by atoms with Crippen molar-refractivity contribution in [1.82, 2.24) is 5.32 Å². The molecule has 0 fully saturated rings. The van der Waals surface area contributed by atoms with Crippen molar-refractivity contribution in [2.45, 2.75) is 19.1 Å². The molecule has 1 heterocycles. The van der Waals surface area contributed by atoms with Crippen LogP contribution in [-0.2, 0) is 4.74 Å². The number of allylic oxidation sites excluding steroid dienone is 3. The summed E-state index contributed by atoms with van der Waals surface area (Å²) in [6, 6.07) is 0. The molecule has 5 heteroatoms. The van der Waals surface area contributed by atoms with E-state index in [1.165, 1.54) is 6.34 Å². The van der Waals surface area contributed by atoms with Gasteiger partial charge in [0.2, 0.25) is 6.23 Å². The molecular weight excluding hydrogens is 214 g/mol. The van der Waals surface area contributed by atoms with E-state index in [1.54, 1.807) is 6.08 Å². The van der Waals surface area contributed by atoms with Crippen LogP contribution in [0.3, 0.4) is 0 Å². The summed E-state index contributed by atoms with van der Waals surface area (Å²) in [5.41, 5.74) is 6.57. The number of ether oxygens (including phenoxy) is 1. The minimum absolute atomic E-state index is 0.393. The first-order valence-electron chi connectivity index (χ1n) is 4.73. The van der Waals surface area contributed by atoms with E-state index >= 15 is 0 Å². The fraction of sp³-hybridized carbons (Fsp3) is 0.300. The average Bonchev–Trinajstić information content (AvgIpc) is 2.22. The van der Waals surface area contributed by atoms with Gasteiger partial charge >= 0.3 is 0 Å². The van der Waals surface area contributed by atoms with Crippen molar-refractivity contribution >= 4 is 17.9 Å². The number of aliphatic imine (C=N–C) groups is 1. The molecule has 0 aromatic rings. The van der Waals surface area contributed by atoms with Crippen LogP contribution in [0.15, 0.2) is 39.8 Å². The van der Waals surface area contributed by atoms with Crippen LogP contribution in [0, 0.1) is 0 Å². The summed E-state index contributed by atoms with van der Waals surface area (Å²) in [6.45, 7) is 0. The number of hydrogen-bond donors (Lipinski definition) is 2. The predicted octanol–water partition coefficient (Wildman–Crippen LogP) is 1.56. The second kappa shape index (κ2) is 4.40. The number of halogens is 1. The molecule has 1 unspecified atom stereocenters. The van der Waals surface area contributed by atoms with Crippen molar-refractivity contribution in [3.63, 3.8) is 0 Å². The summed E-state index contributed by atoms with van der Waals surface area (Å²) in [7, 11) is 0. The van der Waals surface area contributed by atoms with E-state index in [0.29, 0.717) is 10.9 Å². The highest BCUT2D eigenvalue weighted by Crippen LogP contribution is 2.19. The normalized spacial score (nSPS) is 24.9. The van der Waals surface area contributed by atoms with Crippen LogP contribution in [0.25, 0.3) is 0 Å². The van der Waals surface area contributed by atoms with Crippen LogP contribution < -0.4 is 11.1 Å². The quantitative estimate of drug-likeness (QED) is 0.702. The van der Waals surface area contributed by atoms with Gasteiger partial charge in [-0.1, -0.05) is 17.7 Å². The van der Waals surface area contributed by atoms with Gasteiger partial charge in [0.05, 0.1) is 12.0 Å². The SMILES string of the molecule is NC1=C(OC2C=C(Cl)NC=N2)C=CCC1. The van der Waals surface area contributed by atoms with Crippen LogP contribution >= 0.6 is 11.6 Å². The van der Waals surface area contributed by atoms with Crippen molar-refractivity contribution in [3.8, 4) is 0 Å². The molecule has 0 spiro atoms. The Kier molecular flexibility index (Phi) is 2.97. The number of hydrogen-bond acceptors (Lipinski definition) is 4. The molecule has 2 rings (SSSR count). The van der Waals surface area contributed by atoms with Gasteiger partial charge < -0.3 is 15.8 Å². The second-order valence-corrected chi connectivity index (χ2v) is 3.68. The summed E-state index contributed by atoms with van der Waals surface area (Å²) in [5, 5.41) is 3.26. The Hall–Kier alpha value is -1.42. The van der Waals surface area contributed by atoms with E-state index < -0.39 is 6.23 Å². The van der Waals surface area contributed by atoms with E-state index in [4.69, 9.17) is 22.1 Å². The zero-order valence-corrected chi connectivity index (χ0v) is 8.87. The van der Waals surface area contributed by atoms with Gasteiger partial charge in [0.1, 0.15) is 10.9 Å². The van der Waals surface area contributed by atoms with Gasteiger partial charge in [0.25, 0.3) is 0 Å². The molecular formula is C10H12ClN3O. The summed E-state index contributed by atoms with van der Waals surface area (Å²) >= 11 is 5.78. The van der Waals surface area contributed by atoms with Crippen molar-refractivity contribution in [2.75, 3.05) is 0 Å². The first kappa shape index (κ1) is 10.1. The highest BCUT2D eigenvalue weighted by atomic mass is 35.5. The Morgan fingerprint density at radius 1 is 1.60 bits per heavy atom. The Morgan fingerprint density at radius 3 is 3.20 bits per heavy atom. The van der Waals surface area contributed by atoms with Crippen LogP contribution in [-0.4, -0.2) is 12.6 Å². The highest BCUT2D eigenvalue weighted by Gasteiger charge is 2.13. The predicted molar refractivity (Wildman–Crippen MR) is 60.0 cm³/mol. The maximum absolute atomic E-state index is 5.81. The maximum atomic E-state index is 5.81. The maximum Gasteiger partial charge on any atom is 0.213 e. The lowest BCUT2D eigenvalue weighted by molar-refractivity contribution is 0.166. The van der Waals surface area contributed by atoms with Gasteiger partial charge in [-0.05, 0) is 18.9 Å². The Bertz CT molecular complexity index is 371. The van der Waals surface area contributed by atoms with Gasteiger partial charge in [-0.2, -0.15) is 0 Å². The molecule has 0 aromatic carbocycles.